The number of carbonyl (C=O) groups is 1. The van der Waals surface area contributed by atoms with Crippen molar-refractivity contribution in [3.8, 4) is 0 Å². The maximum atomic E-state index is 13.7. The molecule has 1 aromatic heterocycles. The van der Waals surface area contributed by atoms with Crippen LogP contribution in [-0.2, 0) is 6.54 Å². The van der Waals surface area contributed by atoms with Crippen molar-refractivity contribution in [2.75, 3.05) is 5.32 Å². The summed E-state index contributed by atoms with van der Waals surface area (Å²) in [6.07, 6.45) is 1.70. The van der Waals surface area contributed by atoms with Crippen LogP contribution in [0.25, 0.3) is 0 Å². The van der Waals surface area contributed by atoms with E-state index in [1.807, 2.05) is 6.92 Å². The van der Waals surface area contributed by atoms with Crippen molar-refractivity contribution in [1.29, 1.82) is 0 Å². The molecular formula is C14H13FN4O. The molecule has 0 saturated carbocycles. The molecule has 1 amide bonds. The van der Waals surface area contributed by atoms with E-state index in [0.29, 0.717) is 28.5 Å². The largest absolute Gasteiger partial charge is 0.348 e. The minimum absolute atomic E-state index is 0.220. The third kappa shape index (κ3) is 1.99. The number of halogens is 1. The fourth-order valence-corrected chi connectivity index (χ4v) is 2.20. The number of amides is 1. The number of carbonyl (C=O) groups excluding carboxylic acids is 1. The maximum Gasteiger partial charge on any atom is 0.254 e. The van der Waals surface area contributed by atoms with Gasteiger partial charge in [0.05, 0.1) is 11.3 Å². The van der Waals surface area contributed by atoms with Crippen LogP contribution in [0.15, 0.2) is 18.3 Å². The number of anilines is 2. The molecule has 2 N–H and O–H groups in total. The number of aryl methyl sites for hydroxylation is 2. The molecule has 1 aliphatic rings. The molecule has 20 heavy (non-hydrogen) atoms. The van der Waals surface area contributed by atoms with Crippen LogP contribution in [0.1, 0.15) is 27.3 Å². The zero-order chi connectivity index (χ0) is 14.3. The zero-order valence-corrected chi connectivity index (χ0v) is 11.1. The van der Waals surface area contributed by atoms with Crippen LogP contribution in [0.2, 0.25) is 0 Å². The maximum absolute atomic E-state index is 13.7. The number of benzene rings is 1. The molecule has 0 fully saturated rings. The van der Waals surface area contributed by atoms with Crippen molar-refractivity contribution in [2.24, 2.45) is 0 Å². The summed E-state index contributed by atoms with van der Waals surface area (Å²) in [5, 5.41) is 5.72. The first-order chi connectivity index (χ1) is 9.56. The molecule has 0 aliphatic carbocycles. The molecule has 2 heterocycles. The van der Waals surface area contributed by atoms with Crippen LogP contribution in [0.4, 0.5) is 15.9 Å². The van der Waals surface area contributed by atoms with Crippen LogP contribution < -0.4 is 10.6 Å². The van der Waals surface area contributed by atoms with Crippen LogP contribution in [0, 0.1) is 19.7 Å². The van der Waals surface area contributed by atoms with Gasteiger partial charge in [0.25, 0.3) is 5.91 Å². The second-order valence-corrected chi connectivity index (χ2v) is 4.71. The quantitative estimate of drug-likeness (QED) is 0.879. The third-order valence-electron chi connectivity index (χ3n) is 3.25. The first-order valence-electron chi connectivity index (χ1n) is 6.23. The summed E-state index contributed by atoms with van der Waals surface area (Å²) in [6.45, 7) is 3.87. The van der Waals surface area contributed by atoms with Crippen molar-refractivity contribution in [1.82, 2.24) is 15.3 Å². The zero-order valence-electron chi connectivity index (χ0n) is 11.1. The fraction of sp³-hybridized carbons (Fsp3) is 0.214. The fourth-order valence-electron chi connectivity index (χ4n) is 2.20. The Kier molecular flexibility index (Phi) is 2.85. The van der Waals surface area contributed by atoms with Gasteiger partial charge in [0.2, 0.25) is 0 Å². The molecule has 1 aliphatic heterocycles. The molecule has 0 spiro atoms. The third-order valence-corrected chi connectivity index (χ3v) is 3.25. The highest BCUT2D eigenvalue weighted by Crippen LogP contribution is 2.29. The van der Waals surface area contributed by atoms with Gasteiger partial charge in [0.1, 0.15) is 17.5 Å². The van der Waals surface area contributed by atoms with Crippen molar-refractivity contribution < 1.29 is 9.18 Å². The normalized spacial score (nSPS) is 13.1. The van der Waals surface area contributed by atoms with Gasteiger partial charge in [-0.3, -0.25) is 4.79 Å². The van der Waals surface area contributed by atoms with Crippen LogP contribution in [-0.4, -0.2) is 15.9 Å². The molecule has 0 radical (unpaired) electrons. The average Bonchev–Trinajstić information content (AvgIpc) is 2.81. The summed E-state index contributed by atoms with van der Waals surface area (Å²) in [6, 6.07) is 2.90. The van der Waals surface area contributed by atoms with Crippen LogP contribution in [0.5, 0.6) is 0 Å². The molecule has 0 unspecified atom stereocenters. The molecular weight excluding hydrogens is 259 g/mol. The predicted molar refractivity (Wildman–Crippen MR) is 72.4 cm³/mol. The lowest BCUT2D eigenvalue weighted by Crippen LogP contribution is -2.13. The summed E-state index contributed by atoms with van der Waals surface area (Å²) in [7, 11) is 0. The monoisotopic (exact) mass is 272 g/mol. The summed E-state index contributed by atoms with van der Waals surface area (Å²) in [5.41, 5.74) is 2.15. The molecule has 0 bridgehead atoms. The van der Waals surface area contributed by atoms with Crippen LogP contribution >= 0.6 is 0 Å². The summed E-state index contributed by atoms with van der Waals surface area (Å²) < 4.78 is 13.7. The molecule has 1 aromatic carbocycles. The summed E-state index contributed by atoms with van der Waals surface area (Å²) in [4.78, 5) is 20.2. The predicted octanol–water partition coefficient (Wildman–Crippen LogP) is 2.22. The van der Waals surface area contributed by atoms with Gasteiger partial charge < -0.3 is 10.6 Å². The highest BCUT2D eigenvalue weighted by molar-refractivity contribution is 6.04. The lowest BCUT2D eigenvalue weighted by atomic mass is 10.1. The minimum atomic E-state index is -0.375. The van der Waals surface area contributed by atoms with Gasteiger partial charge in [-0.1, -0.05) is 0 Å². The van der Waals surface area contributed by atoms with Crippen molar-refractivity contribution in [3.05, 3.63) is 46.7 Å². The number of nitrogens with one attached hydrogen (secondary N) is 2. The van der Waals surface area contributed by atoms with E-state index in [0.717, 1.165) is 5.56 Å². The van der Waals surface area contributed by atoms with E-state index in [2.05, 4.69) is 20.6 Å². The van der Waals surface area contributed by atoms with Gasteiger partial charge in [0, 0.05) is 23.9 Å². The van der Waals surface area contributed by atoms with Gasteiger partial charge in [-0.05, 0) is 26.0 Å². The Balaban J connectivity index is 2.06. The van der Waals surface area contributed by atoms with E-state index in [9.17, 15) is 9.18 Å². The molecule has 102 valence electrons. The van der Waals surface area contributed by atoms with Gasteiger partial charge in [0.15, 0.2) is 0 Å². The molecule has 0 atom stereocenters. The van der Waals surface area contributed by atoms with E-state index < -0.39 is 0 Å². The molecule has 5 nitrogen and oxygen atoms in total. The SMILES string of the molecule is Cc1ncc(C)c(Nc2ccc(F)c3c2C(=O)NC3)n1. The van der Waals surface area contributed by atoms with E-state index in [1.165, 1.54) is 6.07 Å². The van der Waals surface area contributed by atoms with Gasteiger partial charge >= 0.3 is 0 Å². The van der Waals surface area contributed by atoms with Crippen LogP contribution in [0.3, 0.4) is 0 Å². The Labute approximate surface area is 115 Å². The smallest absolute Gasteiger partial charge is 0.254 e. The van der Waals surface area contributed by atoms with Crippen molar-refractivity contribution in [2.45, 2.75) is 20.4 Å². The molecule has 3 rings (SSSR count). The number of fused-ring (bicyclic) bond motifs is 1. The van der Waals surface area contributed by atoms with Crippen molar-refractivity contribution in [3.63, 3.8) is 0 Å². The number of hydrogen-bond donors (Lipinski definition) is 2. The van der Waals surface area contributed by atoms with E-state index in [-0.39, 0.29) is 18.3 Å². The van der Waals surface area contributed by atoms with Gasteiger partial charge in [-0.25, -0.2) is 14.4 Å². The summed E-state index contributed by atoms with van der Waals surface area (Å²) in [5.74, 6) is 0.595. The van der Waals surface area contributed by atoms with Crippen molar-refractivity contribution >= 4 is 17.4 Å². The lowest BCUT2D eigenvalue weighted by Gasteiger charge is -2.12. The van der Waals surface area contributed by atoms with Gasteiger partial charge in [-0.15, -0.1) is 0 Å². The Morgan fingerprint density at radius 1 is 1.35 bits per heavy atom. The highest BCUT2D eigenvalue weighted by atomic mass is 19.1. The van der Waals surface area contributed by atoms with E-state index in [1.54, 1.807) is 19.2 Å². The van der Waals surface area contributed by atoms with Gasteiger partial charge in [-0.2, -0.15) is 0 Å². The highest BCUT2D eigenvalue weighted by Gasteiger charge is 2.26. The standard InChI is InChI=1S/C14H13FN4O/c1-7-5-16-8(2)18-13(7)19-11-4-3-10(15)9-6-17-14(20)12(9)11/h3-5H,6H2,1-2H3,(H,17,20)(H,16,18,19). The minimum Gasteiger partial charge on any atom is -0.348 e. The molecule has 6 heteroatoms. The van der Waals surface area contributed by atoms with E-state index in [4.69, 9.17) is 0 Å². The topological polar surface area (TPSA) is 66.9 Å². The average molecular weight is 272 g/mol. The lowest BCUT2D eigenvalue weighted by molar-refractivity contribution is 0.0966. The number of rotatable bonds is 2. The Bertz CT molecular complexity index is 715. The second-order valence-electron chi connectivity index (χ2n) is 4.71. The number of aromatic nitrogens is 2. The number of hydrogen-bond acceptors (Lipinski definition) is 4. The molecule has 2 aromatic rings. The Hall–Kier alpha value is -2.50. The Morgan fingerprint density at radius 2 is 2.15 bits per heavy atom. The second kappa shape index (κ2) is 4.56. The van der Waals surface area contributed by atoms with E-state index >= 15 is 0 Å². The molecule has 0 saturated heterocycles. The first kappa shape index (κ1) is 12.5. The number of nitrogens with zero attached hydrogens (tertiary/aromatic N) is 2. The first-order valence-corrected chi connectivity index (χ1v) is 6.23. The Morgan fingerprint density at radius 3 is 2.95 bits per heavy atom. The summed E-state index contributed by atoms with van der Waals surface area (Å²) >= 11 is 0.